The third-order valence-corrected chi connectivity index (χ3v) is 6.68. The van der Waals surface area contributed by atoms with Gasteiger partial charge in [0.25, 0.3) is 11.8 Å². The minimum atomic E-state index is -1.66. The fraction of sp³-hybridized carbons (Fsp3) is 0.478. The molecule has 0 radical (unpaired) electrons. The van der Waals surface area contributed by atoms with E-state index in [2.05, 4.69) is 42.7 Å². The number of likely N-dealkylation sites (tertiary alicyclic amines) is 1. The summed E-state index contributed by atoms with van der Waals surface area (Å²) in [5.74, 6) is 5.57. The van der Waals surface area contributed by atoms with Crippen LogP contribution >= 0.6 is 0 Å². The van der Waals surface area contributed by atoms with Crippen molar-refractivity contribution >= 4 is 11.8 Å². The van der Waals surface area contributed by atoms with Crippen molar-refractivity contribution in [1.29, 1.82) is 0 Å². The van der Waals surface area contributed by atoms with Crippen LogP contribution in [0.1, 0.15) is 54.5 Å². The number of carbonyl (C=O) groups is 2. The lowest BCUT2D eigenvalue weighted by Gasteiger charge is -2.36. The van der Waals surface area contributed by atoms with Crippen LogP contribution in [0, 0.1) is 23.2 Å². The SMILES string of the molecule is C[C@@H]1Cc2c(C(N)=O)nn(-c3cc(C#C[C@]4(O)CCN(C)C4=O)ccn3)c2CC1(C)C. The fourth-order valence-corrected chi connectivity index (χ4v) is 4.21. The summed E-state index contributed by atoms with van der Waals surface area (Å²) in [6.07, 6.45) is 3.33. The van der Waals surface area contributed by atoms with E-state index >= 15 is 0 Å². The second-order valence-corrected chi connectivity index (χ2v) is 9.31. The predicted molar refractivity (Wildman–Crippen MR) is 114 cm³/mol. The highest BCUT2D eigenvalue weighted by molar-refractivity contribution is 5.93. The molecule has 2 aromatic rings. The zero-order valence-corrected chi connectivity index (χ0v) is 18.3. The van der Waals surface area contributed by atoms with Gasteiger partial charge in [0, 0.05) is 37.3 Å². The second kappa shape index (κ2) is 7.20. The van der Waals surface area contributed by atoms with Gasteiger partial charge in [0.15, 0.2) is 11.5 Å². The Labute approximate surface area is 181 Å². The Bertz CT molecular complexity index is 1140. The fourth-order valence-electron chi connectivity index (χ4n) is 4.21. The summed E-state index contributed by atoms with van der Waals surface area (Å²) in [4.78, 5) is 30.1. The summed E-state index contributed by atoms with van der Waals surface area (Å²) in [6, 6.07) is 3.45. The first-order chi connectivity index (χ1) is 14.5. The lowest BCUT2D eigenvalue weighted by molar-refractivity contribution is -0.137. The Balaban J connectivity index is 1.75. The maximum atomic E-state index is 12.2. The van der Waals surface area contributed by atoms with E-state index in [0.29, 0.717) is 23.8 Å². The van der Waals surface area contributed by atoms with Crippen molar-refractivity contribution in [2.45, 2.75) is 45.6 Å². The number of nitrogens with zero attached hydrogens (tertiary/aromatic N) is 4. The number of hydrogen-bond donors (Lipinski definition) is 2. The molecule has 2 amide bonds. The molecule has 0 spiro atoms. The molecule has 1 aliphatic carbocycles. The third-order valence-electron chi connectivity index (χ3n) is 6.68. The number of nitrogens with two attached hydrogens (primary N) is 1. The lowest BCUT2D eigenvalue weighted by atomic mass is 9.69. The van der Waals surface area contributed by atoms with Gasteiger partial charge in [-0.3, -0.25) is 9.59 Å². The van der Waals surface area contributed by atoms with Crippen LogP contribution in [0.5, 0.6) is 0 Å². The van der Waals surface area contributed by atoms with Crippen LogP contribution in [-0.4, -0.2) is 55.8 Å². The van der Waals surface area contributed by atoms with E-state index in [1.165, 1.54) is 4.90 Å². The molecular formula is C23H27N5O3. The highest BCUT2D eigenvalue weighted by Gasteiger charge is 2.42. The van der Waals surface area contributed by atoms with Gasteiger partial charge in [0.05, 0.1) is 5.69 Å². The van der Waals surface area contributed by atoms with E-state index < -0.39 is 17.4 Å². The van der Waals surface area contributed by atoms with E-state index in [1.54, 1.807) is 30.1 Å². The molecule has 0 bridgehead atoms. The first kappa shape index (κ1) is 21.1. The van der Waals surface area contributed by atoms with E-state index in [1.807, 2.05) is 0 Å². The van der Waals surface area contributed by atoms with Crippen molar-refractivity contribution < 1.29 is 14.7 Å². The maximum Gasteiger partial charge on any atom is 0.269 e. The van der Waals surface area contributed by atoms with Crippen molar-refractivity contribution in [3.05, 3.63) is 40.8 Å². The van der Waals surface area contributed by atoms with Gasteiger partial charge in [-0.05, 0) is 36.3 Å². The number of rotatable bonds is 2. The van der Waals surface area contributed by atoms with Gasteiger partial charge in [0.2, 0.25) is 5.60 Å². The van der Waals surface area contributed by atoms with E-state index in [-0.39, 0.29) is 17.5 Å². The van der Waals surface area contributed by atoms with Crippen molar-refractivity contribution in [2.75, 3.05) is 13.6 Å². The van der Waals surface area contributed by atoms with Crippen molar-refractivity contribution in [2.24, 2.45) is 17.1 Å². The molecular weight excluding hydrogens is 394 g/mol. The summed E-state index contributed by atoms with van der Waals surface area (Å²) in [5, 5.41) is 15.0. The number of hydrogen-bond acceptors (Lipinski definition) is 5. The minimum absolute atomic E-state index is 0.0370. The number of primary amides is 1. The number of carbonyl (C=O) groups excluding carboxylic acids is 2. The first-order valence-corrected chi connectivity index (χ1v) is 10.4. The Kier molecular flexibility index (Phi) is 4.90. The number of aliphatic hydroxyl groups is 1. The molecule has 8 nitrogen and oxygen atoms in total. The maximum absolute atomic E-state index is 12.2. The average Bonchev–Trinajstić information content (AvgIpc) is 3.20. The van der Waals surface area contributed by atoms with E-state index in [0.717, 1.165) is 24.1 Å². The van der Waals surface area contributed by atoms with Gasteiger partial charge in [-0.25, -0.2) is 9.67 Å². The average molecular weight is 422 g/mol. The van der Waals surface area contributed by atoms with Gasteiger partial charge in [-0.1, -0.05) is 32.6 Å². The molecule has 4 rings (SSSR count). The Morgan fingerprint density at radius 3 is 2.77 bits per heavy atom. The normalized spacial score (nSPS) is 24.5. The summed E-state index contributed by atoms with van der Waals surface area (Å²) in [5.41, 5.74) is 6.67. The highest BCUT2D eigenvalue weighted by atomic mass is 16.3. The first-order valence-electron chi connectivity index (χ1n) is 10.4. The molecule has 31 heavy (non-hydrogen) atoms. The van der Waals surface area contributed by atoms with Gasteiger partial charge in [0.1, 0.15) is 0 Å². The highest BCUT2D eigenvalue weighted by Crippen LogP contribution is 2.41. The topological polar surface area (TPSA) is 114 Å². The molecule has 0 unspecified atom stereocenters. The molecule has 1 aliphatic heterocycles. The molecule has 3 N–H and O–H groups in total. The molecule has 3 heterocycles. The molecule has 2 atom stereocenters. The van der Waals surface area contributed by atoms with Gasteiger partial charge in [-0.2, -0.15) is 5.10 Å². The summed E-state index contributed by atoms with van der Waals surface area (Å²) in [7, 11) is 1.64. The minimum Gasteiger partial charge on any atom is -0.369 e. The largest absolute Gasteiger partial charge is 0.369 e. The molecule has 1 fully saturated rings. The van der Waals surface area contributed by atoms with Crippen LogP contribution in [0.3, 0.4) is 0 Å². The zero-order chi connectivity index (χ0) is 22.6. The summed E-state index contributed by atoms with van der Waals surface area (Å²) >= 11 is 0. The van der Waals surface area contributed by atoms with E-state index in [9.17, 15) is 14.7 Å². The second-order valence-electron chi connectivity index (χ2n) is 9.31. The Morgan fingerprint density at radius 2 is 2.13 bits per heavy atom. The van der Waals surface area contributed by atoms with Crippen LogP contribution in [0.2, 0.25) is 0 Å². The third kappa shape index (κ3) is 3.59. The molecule has 0 saturated carbocycles. The van der Waals surface area contributed by atoms with Gasteiger partial charge >= 0.3 is 0 Å². The predicted octanol–water partition coefficient (Wildman–Crippen LogP) is 1.07. The smallest absolute Gasteiger partial charge is 0.269 e. The number of amides is 2. The van der Waals surface area contributed by atoms with Gasteiger partial charge in [-0.15, -0.1) is 0 Å². The van der Waals surface area contributed by atoms with Crippen molar-refractivity contribution in [3.63, 3.8) is 0 Å². The molecule has 1 saturated heterocycles. The van der Waals surface area contributed by atoms with Gasteiger partial charge < -0.3 is 15.7 Å². The van der Waals surface area contributed by atoms with Crippen LogP contribution in [0.25, 0.3) is 5.82 Å². The summed E-state index contributed by atoms with van der Waals surface area (Å²) < 4.78 is 1.68. The van der Waals surface area contributed by atoms with Crippen LogP contribution in [-0.2, 0) is 17.6 Å². The molecule has 162 valence electrons. The lowest BCUT2D eigenvalue weighted by Crippen LogP contribution is -2.37. The monoisotopic (exact) mass is 421 g/mol. The number of aromatic nitrogens is 3. The van der Waals surface area contributed by atoms with Crippen LogP contribution < -0.4 is 5.73 Å². The Morgan fingerprint density at radius 1 is 1.39 bits per heavy atom. The molecule has 2 aliphatic rings. The van der Waals surface area contributed by atoms with Crippen LogP contribution in [0.4, 0.5) is 0 Å². The van der Waals surface area contributed by atoms with E-state index in [4.69, 9.17) is 5.73 Å². The van der Waals surface area contributed by atoms with Crippen molar-refractivity contribution in [1.82, 2.24) is 19.7 Å². The van der Waals surface area contributed by atoms with Crippen molar-refractivity contribution in [3.8, 4) is 17.7 Å². The number of pyridine rings is 1. The standard InChI is InChI=1S/C23H27N5O3/c1-14-11-16-17(13-22(14,2)3)28(26-19(16)20(24)29)18-12-15(6-9-25-18)5-7-23(31)8-10-27(4)21(23)30/h6,9,12,14,31H,8,10-11,13H2,1-4H3,(H2,24,29)/t14-,23+/m1/s1. The van der Waals surface area contributed by atoms with Crippen LogP contribution in [0.15, 0.2) is 18.3 Å². The number of likely N-dealkylation sites (N-methyl/N-ethyl adjacent to an activating group) is 1. The molecule has 8 heteroatoms. The quantitative estimate of drug-likeness (QED) is 0.704. The Hall–Kier alpha value is -3.18. The molecule has 0 aromatic carbocycles. The zero-order valence-electron chi connectivity index (χ0n) is 18.3. The summed E-state index contributed by atoms with van der Waals surface area (Å²) in [6.45, 7) is 7.04. The molecule has 2 aromatic heterocycles. The number of fused-ring (bicyclic) bond motifs is 1.